The molecule has 0 bridgehead atoms. The zero-order valence-electron chi connectivity index (χ0n) is 20.2. The normalized spacial score (nSPS) is 19.8. The molecule has 0 aromatic heterocycles. The van der Waals surface area contributed by atoms with Crippen molar-refractivity contribution < 1.29 is 24.2 Å². The van der Waals surface area contributed by atoms with Gasteiger partial charge in [-0.2, -0.15) is 0 Å². The second-order valence-electron chi connectivity index (χ2n) is 9.63. The largest absolute Gasteiger partial charge is 0.481 e. The van der Waals surface area contributed by atoms with Crippen LogP contribution in [-0.4, -0.2) is 41.8 Å². The van der Waals surface area contributed by atoms with Crippen LogP contribution < -0.4 is 10.6 Å². The Bertz CT molecular complexity index is 1020. The summed E-state index contributed by atoms with van der Waals surface area (Å²) in [4.78, 5) is 36.6. The standard InChI is InChI=1S/C28H34N2O5/c1-2-8-19(16-26(31)29-20-10-7-9-18(15-20)27(32)33)30-28(34)35-17-25-23-13-5-3-11-21(23)22-12-4-6-14-24(22)25/h3-6,11-14,18-20,25H,2,7-10,15-17H2,1H3,(H,29,31)(H,30,34)(H,32,33)/t18-,19+,20+/m1/s1. The van der Waals surface area contributed by atoms with E-state index in [1.165, 1.54) is 11.1 Å². The van der Waals surface area contributed by atoms with E-state index in [4.69, 9.17) is 4.74 Å². The molecular weight excluding hydrogens is 444 g/mol. The van der Waals surface area contributed by atoms with Crippen molar-refractivity contribution in [1.82, 2.24) is 10.6 Å². The van der Waals surface area contributed by atoms with Crippen molar-refractivity contribution in [3.05, 3.63) is 59.7 Å². The first-order valence-corrected chi connectivity index (χ1v) is 12.6. The lowest BCUT2D eigenvalue weighted by Crippen LogP contribution is -2.44. The van der Waals surface area contributed by atoms with Gasteiger partial charge >= 0.3 is 12.1 Å². The number of rotatable bonds is 9. The summed E-state index contributed by atoms with van der Waals surface area (Å²) in [6, 6.07) is 15.9. The molecule has 35 heavy (non-hydrogen) atoms. The third-order valence-electron chi connectivity index (χ3n) is 7.12. The molecule has 2 aliphatic carbocycles. The third-order valence-corrected chi connectivity index (χ3v) is 7.12. The fourth-order valence-electron chi connectivity index (χ4n) is 5.44. The molecule has 4 rings (SSSR count). The van der Waals surface area contributed by atoms with Gasteiger partial charge in [-0.15, -0.1) is 0 Å². The highest BCUT2D eigenvalue weighted by atomic mass is 16.5. The van der Waals surface area contributed by atoms with Crippen LogP contribution >= 0.6 is 0 Å². The van der Waals surface area contributed by atoms with Crippen LogP contribution in [0.25, 0.3) is 11.1 Å². The summed E-state index contributed by atoms with van der Waals surface area (Å²) in [5.41, 5.74) is 4.65. The van der Waals surface area contributed by atoms with Crippen molar-refractivity contribution in [2.45, 2.75) is 69.9 Å². The molecule has 2 aromatic rings. The van der Waals surface area contributed by atoms with Crippen LogP contribution in [-0.2, 0) is 14.3 Å². The minimum Gasteiger partial charge on any atom is -0.481 e. The number of aliphatic carboxylic acids is 1. The minimum atomic E-state index is -0.801. The van der Waals surface area contributed by atoms with Crippen LogP contribution in [0.3, 0.4) is 0 Å². The monoisotopic (exact) mass is 478 g/mol. The molecule has 7 heteroatoms. The SMILES string of the molecule is CCC[C@@H](CC(=O)N[C@H]1CCC[C@@H](C(=O)O)C1)NC(=O)OCC1c2ccccc2-c2ccccc21. The number of alkyl carbamates (subject to hydrolysis) is 1. The van der Waals surface area contributed by atoms with E-state index >= 15 is 0 Å². The maximum Gasteiger partial charge on any atom is 0.407 e. The van der Waals surface area contributed by atoms with Crippen LogP contribution in [0.4, 0.5) is 4.79 Å². The summed E-state index contributed by atoms with van der Waals surface area (Å²) in [6.07, 6.45) is 3.77. The molecule has 2 amide bonds. The first-order chi connectivity index (χ1) is 17.0. The molecule has 0 saturated heterocycles. The van der Waals surface area contributed by atoms with Gasteiger partial charge in [0, 0.05) is 24.4 Å². The number of hydrogen-bond donors (Lipinski definition) is 3. The average Bonchev–Trinajstić information content (AvgIpc) is 3.16. The molecule has 0 radical (unpaired) electrons. The molecule has 1 saturated carbocycles. The molecule has 186 valence electrons. The lowest BCUT2D eigenvalue weighted by Gasteiger charge is -2.28. The van der Waals surface area contributed by atoms with Crippen molar-refractivity contribution in [3.63, 3.8) is 0 Å². The summed E-state index contributed by atoms with van der Waals surface area (Å²) in [5.74, 6) is -1.39. The van der Waals surface area contributed by atoms with Crippen LogP contribution in [0.15, 0.2) is 48.5 Å². The Morgan fingerprint density at radius 3 is 2.31 bits per heavy atom. The first-order valence-electron chi connectivity index (χ1n) is 12.6. The number of carboxylic acid groups (broad SMARTS) is 1. The molecule has 0 heterocycles. The zero-order chi connectivity index (χ0) is 24.8. The lowest BCUT2D eigenvalue weighted by molar-refractivity contribution is -0.143. The number of nitrogens with one attached hydrogen (secondary N) is 2. The van der Waals surface area contributed by atoms with Crippen molar-refractivity contribution >= 4 is 18.0 Å². The van der Waals surface area contributed by atoms with Gasteiger partial charge in [0.25, 0.3) is 0 Å². The number of amides is 2. The highest BCUT2D eigenvalue weighted by Crippen LogP contribution is 2.44. The Morgan fingerprint density at radius 1 is 1.03 bits per heavy atom. The van der Waals surface area contributed by atoms with Crippen LogP contribution in [0.2, 0.25) is 0 Å². The van der Waals surface area contributed by atoms with Crippen LogP contribution in [0.5, 0.6) is 0 Å². The summed E-state index contributed by atoms with van der Waals surface area (Å²) in [5, 5.41) is 15.1. The van der Waals surface area contributed by atoms with E-state index in [0.29, 0.717) is 19.3 Å². The Morgan fingerprint density at radius 2 is 1.69 bits per heavy atom. The van der Waals surface area contributed by atoms with E-state index in [-0.39, 0.29) is 36.9 Å². The molecule has 2 aromatic carbocycles. The van der Waals surface area contributed by atoms with Gasteiger partial charge in [-0.3, -0.25) is 9.59 Å². The lowest BCUT2D eigenvalue weighted by atomic mass is 9.85. The maximum atomic E-state index is 12.7. The molecule has 0 spiro atoms. The molecule has 3 atom stereocenters. The fourth-order valence-corrected chi connectivity index (χ4v) is 5.44. The number of benzene rings is 2. The summed E-state index contributed by atoms with van der Waals surface area (Å²) in [7, 11) is 0. The van der Waals surface area contributed by atoms with Gasteiger partial charge in [0.1, 0.15) is 6.61 Å². The average molecular weight is 479 g/mol. The highest BCUT2D eigenvalue weighted by Gasteiger charge is 2.30. The Hall–Kier alpha value is -3.35. The number of carbonyl (C=O) groups is 3. The van der Waals surface area contributed by atoms with Gasteiger partial charge < -0.3 is 20.5 Å². The molecule has 3 N–H and O–H groups in total. The highest BCUT2D eigenvalue weighted by molar-refractivity contribution is 5.80. The predicted octanol–water partition coefficient (Wildman–Crippen LogP) is 4.84. The number of ether oxygens (including phenoxy) is 1. The summed E-state index contributed by atoms with van der Waals surface area (Å²) < 4.78 is 5.64. The zero-order valence-corrected chi connectivity index (χ0v) is 20.2. The molecule has 0 unspecified atom stereocenters. The third kappa shape index (κ3) is 6.02. The predicted molar refractivity (Wildman–Crippen MR) is 133 cm³/mol. The number of hydrogen-bond acceptors (Lipinski definition) is 4. The van der Waals surface area contributed by atoms with Crippen molar-refractivity contribution in [2.75, 3.05) is 6.61 Å². The van der Waals surface area contributed by atoms with E-state index in [0.717, 1.165) is 30.4 Å². The van der Waals surface area contributed by atoms with Gasteiger partial charge in [0.15, 0.2) is 0 Å². The quantitative estimate of drug-likeness (QED) is 0.478. The topological polar surface area (TPSA) is 105 Å². The van der Waals surface area contributed by atoms with Crippen molar-refractivity contribution in [3.8, 4) is 11.1 Å². The van der Waals surface area contributed by atoms with Crippen molar-refractivity contribution in [1.29, 1.82) is 0 Å². The van der Waals surface area contributed by atoms with Gasteiger partial charge in [-0.25, -0.2) is 4.79 Å². The van der Waals surface area contributed by atoms with Crippen molar-refractivity contribution in [2.24, 2.45) is 5.92 Å². The number of carboxylic acids is 1. The molecule has 2 aliphatic rings. The Balaban J connectivity index is 1.31. The molecular formula is C28H34N2O5. The van der Waals surface area contributed by atoms with E-state index < -0.39 is 18.0 Å². The molecule has 1 fully saturated rings. The Labute approximate surface area is 206 Å². The van der Waals surface area contributed by atoms with Crippen LogP contribution in [0, 0.1) is 5.92 Å². The smallest absolute Gasteiger partial charge is 0.407 e. The first kappa shape index (κ1) is 24.8. The Kier molecular flexibility index (Phi) is 8.06. The van der Waals surface area contributed by atoms with E-state index in [9.17, 15) is 19.5 Å². The van der Waals surface area contributed by atoms with Gasteiger partial charge in [-0.05, 0) is 47.9 Å². The maximum absolute atomic E-state index is 12.7. The van der Waals surface area contributed by atoms with Gasteiger partial charge in [0.05, 0.1) is 5.92 Å². The van der Waals surface area contributed by atoms with Crippen LogP contribution in [0.1, 0.15) is 68.9 Å². The molecule has 0 aliphatic heterocycles. The minimum absolute atomic E-state index is 0.0189. The number of carbonyl (C=O) groups excluding carboxylic acids is 2. The van der Waals surface area contributed by atoms with Gasteiger partial charge in [0.2, 0.25) is 5.91 Å². The van der Waals surface area contributed by atoms with E-state index in [2.05, 4.69) is 34.9 Å². The number of fused-ring (bicyclic) bond motifs is 3. The summed E-state index contributed by atoms with van der Waals surface area (Å²) >= 11 is 0. The van der Waals surface area contributed by atoms with E-state index in [1.54, 1.807) is 0 Å². The second kappa shape index (κ2) is 11.4. The molecule has 7 nitrogen and oxygen atoms in total. The van der Waals surface area contributed by atoms with E-state index in [1.807, 2.05) is 31.2 Å². The summed E-state index contributed by atoms with van der Waals surface area (Å²) in [6.45, 7) is 2.23. The fraction of sp³-hybridized carbons (Fsp3) is 0.464. The second-order valence-corrected chi connectivity index (χ2v) is 9.63. The van der Waals surface area contributed by atoms with Gasteiger partial charge in [-0.1, -0.05) is 68.3 Å².